The van der Waals surface area contributed by atoms with Gasteiger partial charge in [-0.05, 0) is 207 Å². The van der Waals surface area contributed by atoms with Crippen LogP contribution in [0.1, 0.15) is 11.1 Å². The molecular weight excluding hydrogens is 1120 g/mol. The van der Waals surface area contributed by atoms with Crippen molar-refractivity contribution in [2.45, 2.75) is 13.8 Å². The fourth-order valence-corrected chi connectivity index (χ4v) is 13.5. The van der Waals surface area contributed by atoms with Gasteiger partial charge in [-0.15, -0.1) is 0 Å². The van der Waals surface area contributed by atoms with Crippen LogP contribution in [0.2, 0.25) is 0 Å². The molecule has 0 amide bonds. The van der Waals surface area contributed by atoms with Crippen molar-refractivity contribution in [3.8, 4) is 22.8 Å². The molecule has 16 rings (SSSR count). The van der Waals surface area contributed by atoms with Gasteiger partial charge in [0.05, 0.1) is 22.1 Å². The summed E-state index contributed by atoms with van der Waals surface area (Å²) in [6, 6.07) is 124. The summed E-state index contributed by atoms with van der Waals surface area (Å²) in [5, 5.41) is 4.38. The minimum absolute atomic E-state index is 0.796. The van der Waals surface area contributed by atoms with Gasteiger partial charge in [-0.1, -0.05) is 175 Å². The molecule has 7 nitrogen and oxygen atoms in total. The average molecular weight is 1180 g/mol. The molecule has 0 aliphatic heterocycles. The van der Waals surface area contributed by atoms with E-state index in [0.29, 0.717) is 0 Å². The lowest BCUT2D eigenvalue weighted by Gasteiger charge is -2.26. The Labute approximate surface area is 536 Å². The number of nitrogens with zero attached hydrogens (tertiary/aromatic N) is 7. The second-order valence-corrected chi connectivity index (χ2v) is 23.5. The van der Waals surface area contributed by atoms with E-state index in [1.54, 1.807) is 0 Å². The van der Waals surface area contributed by atoms with Gasteiger partial charge in [0, 0.05) is 89.8 Å². The van der Waals surface area contributed by atoms with Crippen molar-refractivity contribution in [1.29, 1.82) is 0 Å². The fraction of sp³-hybridized carbons (Fsp3) is 0.0235. The Morgan fingerprint density at radius 3 is 0.630 bits per heavy atom. The standard InChI is InChI=1S/C85H63N7/c1-60-51-61(2)53-62(52-60)63-54-84(91-80-47-43-72(87(64-27-11-3-12-28-64)65-29-13-4-14-30-65)56-76(80)77-57-73(44-48-81(77)91)88(66-31-15-5-16-32-66)67-33-17-6-18-34-67)86-85(55-63)92-82-49-45-74(89(68-35-19-7-20-36-68)69-37-21-8-22-38-69)58-78(82)79-59-75(46-50-83(79)92)90(70-39-23-9-24-40-70)71-41-25-10-26-42-71/h3-59H,1-2H3. The van der Waals surface area contributed by atoms with E-state index in [2.05, 4.69) is 388 Å². The number of aryl methyl sites for hydroxylation is 2. The Bertz CT molecular complexity index is 4530. The first-order valence-electron chi connectivity index (χ1n) is 31.3. The van der Waals surface area contributed by atoms with E-state index in [4.69, 9.17) is 4.98 Å². The Hall–Kier alpha value is -12.2. The molecule has 438 valence electrons. The smallest absolute Gasteiger partial charge is 0.140 e. The number of aromatic nitrogens is 3. The highest BCUT2D eigenvalue weighted by atomic mass is 15.2. The summed E-state index contributed by atoms with van der Waals surface area (Å²) >= 11 is 0. The lowest BCUT2D eigenvalue weighted by molar-refractivity contribution is 1.01. The van der Waals surface area contributed by atoms with Crippen LogP contribution in [0.15, 0.2) is 346 Å². The molecule has 0 fully saturated rings. The topological polar surface area (TPSA) is 35.7 Å². The van der Waals surface area contributed by atoms with Gasteiger partial charge in [0.25, 0.3) is 0 Å². The number of benzene rings is 13. The van der Waals surface area contributed by atoms with E-state index in [1.165, 1.54) is 11.1 Å². The van der Waals surface area contributed by atoms with E-state index < -0.39 is 0 Å². The first-order valence-corrected chi connectivity index (χ1v) is 31.3. The van der Waals surface area contributed by atoms with Gasteiger partial charge in [0.15, 0.2) is 0 Å². The summed E-state index contributed by atoms with van der Waals surface area (Å²) in [7, 11) is 0. The number of anilines is 12. The largest absolute Gasteiger partial charge is 0.310 e. The summed E-state index contributed by atoms with van der Waals surface area (Å²) in [5.41, 5.74) is 21.4. The molecule has 0 N–H and O–H groups in total. The highest BCUT2D eigenvalue weighted by Gasteiger charge is 2.25. The van der Waals surface area contributed by atoms with Gasteiger partial charge >= 0.3 is 0 Å². The molecule has 13 aromatic carbocycles. The summed E-state index contributed by atoms with van der Waals surface area (Å²) in [4.78, 5) is 15.4. The van der Waals surface area contributed by atoms with Gasteiger partial charge in [0.1, 0.15) is 11.6 Å². The quantitative estimate of drug-likeness (QED) is 0.102. The predicted molar refractivity (Wildman–Crippen MR) is 387 cm³/mol. The van der Waals surface area contributed by atoms with Crippen LogP contribution < -0.4 is 19.6 Å². The van der Waals surface area contributed by atoms with Crippen LogP contribution in [0.25, 0.3) is 66.4 Å². The molecular formula is C85H63N7. The van der Waals surface area contributed by atoms with Crippen LogP contribution >= 0.6 is 0 Å². The van der Waals surface area contributed by atoms with Crippen LogP contribution in [0.4, 0.5) is 68.2 Å². The van der Waals surface area contributed by atoms with Crippen LogP contribution in [0.5, 0.6) is 0 Å². The third kappa shape index (κ3) is 10.2. The van der Waals surface area contributed by atoms with E-state index in [1.807, 2.05) is 0 Å². The number of hydrogen-bond acceptors (Lipinski definition) is 5. The third-order valence-corrected chi connectivity index (χ3v) is 17.4. The summed E-state index contributed by atoms with van der Waals surface area (Å²) < 4.78 is 4.77. The van der Waals surface area contributed by atoms with Crippen molar-refractivity contribution in [2.24, 2.45) is 0 Å². The van der Waals surface area contributed by atoms with Crippen molar-refractivity contribution in [3.63, 3.8) is 0 Å². The predicted octanol–water partition coefficient (Wildman–Crippen LogP) is 23.4. The number of para-hydroxylation sites is 8. The molecule has 0 saturated carbocycles. The highest BCUT2D eigenvalue weighted by molar-refractivity contribution is 6.14. The van der Waals surface area contributed by atoms with Crippen molar-refractivity contribution in [2.75, 3.05) is 19.6 Å². The molecule has 0 spiro atoms. The minimum Gasteiger partial charge on any atom is -0.310 e. The molecule has 0 bridgehead atoms. The maximum Gasteiger partial charge on any atom is 0.140 e. The Morgan fingerprint density at radius 1 is 0.207 bits per heavy atom. The van der Waals surface area contributed by atoms with Gasteiger partial charge in [-0.3, -0.25) is 9.13 Å². The molecule has 0 atom stereocenters. The molecule has 0 aliphatic carbocycles. The second-order valence-electron chi connectivity index (χ2n) is 23.5. The Morgan fingerprint density at radius 2 is 0.413 bits per heavy atom. The van der Waals surface area contributed by atoms with E-state index in [-0.39, 0.29) is 0 Å². The number of rotatable bonds is 15. The maximum absolute atomic E-state index is 5.98. The minimum atomic E-state index is 0.796. The van der Waals surface area contributed by atoms with Gasteiger partial charge in [-0.2, -0.15) is 0 Å². The molecule has 7 heteroatoms. The average Bonchev–Trinajstić information content (AvgIpc) is 1.58. The molecule has 3 aromatic heterocycles. The molecule has 0 radical (unpaired) electrons. The lowest BCUT2D eigenvalue weighted by Crippen LogP contribution is -2.09. The van der Waals surface area contributed by atoms with Crippen molar-refractivity contribution in [1.82, 2.24) is 14.1 Å². The second kappa shape index (κ2) is 23.7. The van der Waals surface area contributed by atoms with Gasteiger partial charge in [-0.25, -0.2) is 4.98 Å². The van der Waals surface area contributed by atoms with Crippen LogP contribution in [0.3, 0.4) is 0 Å². The van der Waals surface area contributed by atoms with Crippen LogP contribution in [-0.4, -0.2) is 14.1 Å². The summed E-state index contributed by atoms with van der Waals surface area (Å²) in [6.45, 7) is 4.38. The normalized spacial score (nSPS) is 11.4. The number of hydrogen-bond donors (Lipinski definition) is 0. The highest BCUT2D eigenvalue weighted by Crippen LogP contribution is 2.46. The van der Waals surface area contributed by atoms with Gasteiger partial charge in [0.2, 0.25) is 0 Å². The molecule has 3 heterocycles. The lowest BCUT2D eigenvalue weighted by atomic mass is 10.0. The molecule has 92 heavy (non-hydrogen) atoms. The molecule has 0 unspecified atom stereocenters. The number of pyridine rings is 1. The molecule has 0 aliphatic rings. The van der Waals surface area contributed by atoms with Crippen molar-refractivity contribution in [3.05, 3.63) is 357 Å². The van der Waals surface area contributed by atoms with Crippen LogP contribution in [0, 0.1) is 13.8 Å². The monoisotopic (exact) mass is 1180 g/mol. The Balaban J connectivity index is 0.973. The Kier molecular flexibility index (Phi) is 14.2. The zero-order valence-electron chi connectivity index (χ0n) is 51.0. The van der Waals surface area contributed by atoms with Crippen molar-refractivity contribution < 1.29 is 0 Å². The maximum atomic E-state index is 5.98. The number of fused-ring (bicyclic) bond motifs is 6. The summed E-state index contributed by atoms with van der Waals surface area (Å²) in [5.74, 6) is 1.59. The van der Waals surface area contributed by atoms with Crippen LogP contribution in [-0.2, 0) is 0 Å². The van der Waals surface area contributed by atoms with E-state index >= 15 is 0 Å². The zero-order chi connectivity index (χ0) is 61.5. The first kappa shape index (κ1) is 55.1. The van der Waals surface area contributed by atoms with Gasteiger partial charge < -0.3 is 19.6 Å². The molecule has 16 aromatic rings. The third-order valence-electron chi connectivity index (χ3n) is 17.4. The zero-order valence-corrected chi connectivity index (χ0v) is 51.0. The van der Waals surface area contributed by atoms with E-state index in [9.17, 15) is 0 Å². The summed E-state index contributed by atoms with van der Waals surface area (Å²) in [6.07, 6.45) is 0. The SMILES string of the molecule is Cc1cc(C)cc(-c2cc(-n3c4ccc(N(c5ccccc5)c5ccccc5)cc4c4cc(N(c5ccccc5)c5ccccc5)ccc43)nc(-n3c4ccc(N(c5ccccc5)c5ccccc5)cc4c4cc(N(c5ccccc5)c5ccccc5)ccc43)c2)c1. The first-order chi connectivity index (χ1) is 45.5. The van der Waals surface area contributed by atoms with Crippen molar-refractivity contribution >= 4 is 112 Å². The van der Waals surface area contributed by atoms with E-state index in [0.717, 1.165) is 135 Å². The fourth-order valence-electron chi connectivity index (χ4n) is 13.5. The molecule has 0 saturated heterocycles.